The molecule has 1 heterocycles. The summed E-state index contributed by atoms with van der Waals surface area (Å²) in [7, 11) is 0. The van der Waals surface area contributed by atoms with Gasteiger partial charge in [0.05, 0.1) is 30.4 Å². The van der Waals surface area contributed by atoms with E-state index in [1.165, 1.54) is 24.4 Å². The van der Waals surface area contributed by atoms with Gasteiger partial charge in [0, 0.05) is 10.9 Å². The van der Waals surface area contributed by atoms with E-state index in [1.54, 1.807) is 22.9 Å². The van der Waals surface area contributed by atoms with Crippen molar-refractivity contribution in [1.82, 2.24) is 9.78 Å². The predicted octanol–water partition coefficient (Wildman–Crippen LogP) is 3.96. The molecule has 0 unspecified atom stereocenters. The number of carboxylic acids is 1. The first-order chi connectivity index (χ1) is 12.0. The van der Waals surface area contributed by atoms with Crippen molar-refractivity contribution >= 4 is 16.9 Å². The Morgan fingerprint density at radius 3 is 2.84 bits per heavy atom. The van der Waals surface area contributed by atoms with Crippen molar-refractivity contribution in [3.05, 3.63) is 59.5 Å². The molecule has 5 nitrogen and oxygen atoms in total. The van der Waals surface area contributed by atoms with Gasteiger partial charge in [0.2, 0.25) is 0 Å². The fraction of sp³-hybridized carbons (Fsp3) is 0.263. The molecule has 3 aromatic rings. The Morgan fingerprint density at radius 2 is 2.12 bits per heavy atom. The third kappa shape index (κ3) is 3.63. The Balaban J connectivity index is 1.97. The van der Waals surface area contributed by atoms with Crippen molar-refractivity contribution in [2.75, 3.05) is 6.61 Å². The quantitative estimate of drug-likeness (QED) is 0.736. The predicted molar refractivity (Wildman–Crippen MR) is 92.5 cm³/mol. The topological polar surface area (TPSA) is 64.4 Å². The van der Waals surface area contributed by atoms with E-state index in [9.17, 15) is 14.3 Å². The van der Waals surface area contributed by atoms with Gasteiger partial charge in [-0.3, -0.25) is 4.68 Å². The van der Waals surface area contributed by atoms with Crippen molar-refractivity contribution in [1.29, 1.82) is 0 Å². The third-order valence-electron chi connectivity index (χ3n) is 3.83. The monoisotopic (exact) mass is 342 g/mol. The first-order valence-corrected chi connectivity index (χ1v) is 8.04. The second kappa shape index (κ2) is 6.93. The fourth-order valence-corrected chi connectivity index (χ4v) is 2.65. The molecule has 0 fully saturated rings. The minimum Gasteiger partial charge on any atom is -0.493 e. The lowest BCUT2D eigenvalue weighted by Crippen LogP contribution is -2.09. The van der Waals surface area contributed by atoms with Gasteiger partial charge in [-0.2, -0.15) is 5.10 Å². The summed E-state index contributed by atoms with van der Waals surface area (Å²) in [6.07, 6.45) is 1.52. The lowest BCUT2D eigenvalue weighted by molar-refractivity contribution is 0.0699. The summed E-state index contributed by atoms with van der Waals surface area (Å²) in [5, 5.41) is 14.1. The number of hydrogen-bond acceptors (Lipinski definition) is 3. The molecule has 0 atom stereocenters. The fourth-order valence-electron chi connectivity index (χ4n) is 2.65. The van der Waals surface area contributed by atoms with Crippen molar-refractivity contribution in [2.24, 2.45) is 5.92 Å². The summed E-state index contributed by atoms with van der Waals surface area (Å²) in [5.74, 6) is -0.402. The Labute approximate surface area is 144 Å². The van der Waals surface area contributed by atoms with E-state index in [0.717, 1.165) is 0 Å². The number of benzene rings is 2. The molecule has 6 heteroatoms. The van der Waals surface area contributed by atoms with Crippen LogP contribution in [0.25, 0.3) is 10.9 Å². The second-order valence-corrected chi connectivity index (χ2v) is 6.30. The van der Waals surface area contributed by atoms with Crippen LogP contribution in [0.4, 0.5) is 4.39 Å². The molecular formula is C19H19FN2O3. The Morgan fingerprint density at radius 1 is 1.32 bits per heavy atom. The maximum Gasteiger partial charge on any atom is 0.336 e. The van der Waals surface area contributed by atoms with E-state index in [1.807, 2.05) is 13.8 Å². The van der Waals surface area contributed by atoms with E-state index >= 15 is 0 Å². The molecule has 0 bridgehead atoms. The van der Waals surface area contributed by atoms with Crippen LogP contribution in [0, 0.1) is 11.7 Å². The molecule has 0 amide bonds. The summed E-state index contributed by atoms with van der Waals surface area (Å²) >= 11 is 0. The molecule has 0 aliphatic heterocycles. The Hall–Kier alpha value is -2.89. The van der Waals surface area contributed by atoms with Crippen LogP contribution >= 0.6 is 0 Å². The number of carboxylic acid groups (broad SMARTS) is 1. The highest BCUT2D eigenvalue weighted by Crippen LogP contribution is 2.24. The number of aromatic nitrogens is 2. The number of hydrogen-bond donors (Lipinski definition) is 1. The average molecular weight is 342 g/mol. The van der Waals surface area contributed by atoms with E-state index in [-0.39, 0.29) is 17.9 Å². The highest BCUT2D eigenvalue weighted by atomic mass is 19.1. The standard InChI is InChI=1S/C19H19FN2O3/c1-12(2)11-25-18-7-6-14(20)8-13(18)10-22-17-5-3-4-15(19(23)24)16(17)9-21-22/h3-9,12H,10-11H2,1-2H3,(H,23,24). The SMILES string of the molecule is CC(C)COc1ccc(F)cc1Cn1ncc2c(C(=O)O)cccc21. The van der Waals surface area contributed by atoms with Crippen LogP contribution in [-0.2, 0) is 6.54 Å². The Bertz CT molecular complexity index is 918. The largest absolute Gasteiger partial charge is 0.493 e. The molecule has 0 aliphatic rings. The number of nitrogens with zero attached hydrogens (tertiary/aromatic N) is 2. The first-order valence-electron chi connectivity index (χ1n) is 8.04. The first kappa shape index (κ1) is 17.0. The van der Waals surface area contributed by atoms with Crippen LogP contribution in [0.3, 0.4) is 0 Å². The smallest absolute Gasteiger partial charge is 0.336 e. The number of fused-ring (bicyclic) bond motifs is 1. The van der Waals surface area contributed by atoms with Gasteiger partial charge >= 0.3 is 5.97 Å². The van der Waals surface area contributed by atoms with Crippen LogP contribution in [0.2, 0.25) is 0 Å². The lowest BCUT2D eigenvalue weighted by atomic mass is 10.1. The molecule has 2 aromatic carbocycles. The summed E-state index contributed by atoms with van der Waals surface area (Å²) in [4.78, 5) is 11.3. The van der Waals surface area contributed by atoms with Gasteiger partial charge in [-0.15, -0.1) is 0 Å². The Kier molecular flexibility index (Phi) is 4.70. The van der Waals surface area contributed by atoms with Crippen LogP contribution in [0.15, 0.2) is 42.6 Å². The molecule has 130 valence electrons. The van der Waals surface area contributed by atoms with Gasteiger partial charge in [-0.1, -0.05) is 19.9 Å². The van der Waals surface area contributed by atoms with E-state index in [2.05, 4.69) is 5.10 Å². The number of carbonyl (C=O) groups is 1. The number of aromatic carboxylic acids is 1. The van der Waals surface area contributed by atoms with Crippen molar-refractivity contribution < 1.29 is 19.0 Å². The molecule has 3 rings (SSSR count). The molecule has 25 heavy (non-hydrogen) atoms. The van der Waals surface area contributed by atoms with Crippen molar-refractivity contribution in [3.8, 4) is 5.75 Å². The van der Waals surface area contributed by atoms with E-state index in [4.69, 9.17) is 4.74 Å². The summed E-state index contributed by atoms with van der Waals surface area (Å²) in [5.41, 5.74) is 1.53. The average Bonchev–Trinajstić information content (AvgIpc) is 2.97. The summed E-state index contributed by atoms with van der Waals surface area (Å²) in [6.45, 7) is 4.90. The normalized spacial score (nSPS) is 11.2. The minimum absolute atomic E-state index is 0.194. The van der Waals surface area contributed by atoms with Crippen molar-refractivity contribution in [2.45, 2.75) is 20.4 Å². The molecule has 1 aromatic heterocycles. The molecule has 0 saturated carbocycles. The lowest BCUT2D eigenvalue weighted by Gasteiger charge is -2.14. The number of ether oxygens (including phenoxy) is 1. The zero-order valence-electron chi connectivity index (χ0n) is 14.1. The molecular weight excluding hydrogens is 323 g/mol. The van der Waals surface area contributed by atoms with Gasteiger partial charge in [-0.25, -0.2) is 9.18 Å². The highest BCUT2D eigenvalue weighted by Gasteiger charge is 2.14. The second-order valence-electron chi connectivity index (χ2n) is 6.30. The van der Waals surface area contributed by atoms with Gasteiger partial charge in [0.15, 0.2) is 0 Å². The number of halogens is 1. The van der Waals surface area contributed by atoms with E-state index in [0.29, 0.717) is 34.7 Å². The van der Waals surface area contributed by atoms with Crippen LogP contribution in [-0.4, -0.2) is 27.5 Å². The maximum atomic E-state index is 13.7. The molecule has 0 radical (unpaired) electrons. The van der Waals surface area contributed by atoms with Gasteiger partial charge < -0.3 is 9.84 Å². The summed E-state index contributed by atoms with van der Waals surface area (Å²) in [6, 6.07) is 9.40. The highest BCUT2D eigenvalue weighted by molar-refractivity contribution is 6.02. The molecule has 0 saturated heterocycles. The molecule has 0 spiro atoms. The third-order valence-corrected chi connectivity index (χ3v) is 3.83. The zero-order chi connectivity index (χ0) is 18.0. The van der Waals surface area contributed by atoms with Gasteiger partial charge in [0.25, 0.3) is 0 Å². The van der Waals surface area contributed by atoms with Crippen LogP contribution in [0.5, 0.6) is 5.75 Å². The van der Waals surface area contributed by atoms with Gasteiger partial charge in [-0.05, 0) is 36.2 Å². The number of rotatable bonds is 6. The summed E-state index contributed by atoms with van der Waals surface area (Å²) < 4.78 is 21.1. The van der Waals surface area contributed by atoms with Crippen LogP contribution in [0.1, 0.15) is 29.8 Å². The van der Waals surface area contributed by atoms with E-state index < -0.39 is 5.97 Å². The van der Waals surface area contributed by atoms with Crippen LogP contribution < -0.4 is 4.74 Å². The molecule has 0 aliphatic carbocycles. The minimum atomic E-state index is -1.00. The maximum absolute atomic E-state index is 13.7. The van der Waals surface area contributed by atoms with Crippen molar-refractivity contribution in [3.63, 3.8) is 0 Å². The molecule has 1 N–H and O–H groups in total. The van der Waals surface area contributed by atoms with Gasteiger partial charge in [0.1, 0.15) is 11.6 Å². The zero-order valence-corrected chi connectivity index (χ0v) is 14.1.